The molecule has 16 rings (SSSR count). The van der Waals surface area contributed by atoms with Crippen LogP contribution in [0.4, 0.5) is 21.8 Å². The SMILES string of the molecule is Cc1cc(CS(=O)(=O)c2ccc(C(C)(C)C)cc2)n(Cc2cccc3ncccc23)n1.Cc1cc(NS(=O)(=O)c2ccc(C(C)(C)C)cc2)n(-c2ccc3cccnc3c2)n1.Cc1cc(NS(=O)(=O)c2ccc(C(C)(C)C)cc2)n(-c2ccnc3ccc(F)cc23)n1.Cc1nn(-c2cccc3ncccc23)c(NS(=O)(=O)c2ccc(C(C)(C)C)cc2)c1C. The van der Waals surface area contributed by atoms with Crippen LogP contribution in [0.1, 0.15) is 145 Å². The number of nitrogens with zero attached hydrogens (tertiary/aromatic N) is 12. The molecular weight excluding hydrogens is 1630 g/mol. The highest BCUT2D eigenvalue weighted by atomic mass is 32.2. The van der Waals surface area contributed by atoms with Crippen molar-refractivity contribution in [1.29, 1.82) is 0 Å². The molecular formula is C95H100FN15O8S4. The van der Waals surface area contributed by atoms with Gasteiger partial charge in [-0.05, 0) is 218 Å². The summed E-state index contributed by atoms with van der Waals surface area (Å²) in [7, 11) is -14.9. The van der Waals surface area contributed by atoms with Crippen molar-refractivity contribution >= 4 is 101 Å². The third-order valence-electron chi connectivity index (χ3n) is 20.9. The number of rotatable bonds is 17. The quantitative estimate of drug-likeness (QED) is 0.0763. The number of fused-ring (bicyclic) bond motifs is 4. The van der Waals surface area contributed by atoms with Crippen LogP contribution >= 0.6 is 0 Å². The van der Waals surface area contributed by atoms with Gasteiger partial charge >= 0.3 is 0 Å². The minimum Gasteiger partial charge on any atom is -0.264 e. The van der Waals surface area contributed by atoms with Crippen molar-refractivity contribution in [2.24, 2.45) is 0 Å². The normalized spacial score (nSPS) is 12.3. The van der Waals surface area contributed by atoms with E-state index in [1.165, 1.54) is 16.8 Å². The molecule has 28 heteroatoms. The van der Waals surface area contributed by atoms with Gasteiger partial charge in [-0.15, -0.1) is 0 Å². The van der Waals surface area contributed by atoms with Crippen molar-refractivity contribution in [2.75, 3.05) is 14.2 Å². The zero-order valence-electron chi connectivity index (χ0n) is 71.8. The largest absolute Gasteiger partial charge is 0.264 e. The molecule has 0 aliphatic carbocycles. The highest BCUT2D eigenvalue weighted by Crippen LogP contribution is 2.35. The molecule has 8 heterocycles. The molecule has 0 aliphatic rings. The van der Waals surface area contributed by atoms with Crippen molar-refractivity contribution in [3.05, 3.63) is 323 Å². The van der Waals surface area contributed by atoms with Gasteiger partial charge in [0, 0.05) is 64.0 Å². The first-order valence-corrected chi connectivity index (χ1v) is 46.0. The summed E-state index contributed by atoms with van der Waals surface area (Å²) in [5.74, 6) is 0.559. The molecule has 0 spiro atoms. The van der Waals surface area contributed by atoms with E-state index in [-0.39, 0.29) is 47.9 Å². The zero-order valence-corrected chi connectivity index (χ0v) is 75.1. The Hall–Kier alpha value is -12.6. The summed E-state index contributed by atoms with van der Waals surface area (Å²) in [6.07, 6.45) is 6.81. The van der Waals surface area contributed by atoms with Crippen molar-refractivity contribution in [1.82, 2.24) is 59.1 Å². The fraction of sp³-hybridized carbons (Fsp3) is 0.242. The van der Waals surface area contributed by atoms with E-state index in [0.29, 0.717) is 56.7 Å². The summed E-state index contributed by atoms with van der Waals surface area (Å²) in [5, 5.41) is 21.6. The standard InChI is InChI=1S/C25H27N3O2S.C24H26N4O2S.C23H23FN4O2S.C23H24N4O2S/c1-18-15-21(17-31(29,30)22-12-10-20(11-13-22)25(2,3)4)28(27-18)16-19-7-5-9-24-23(19)8-6-14-26-24;1-16-17(2)26-28(22-10-6-9-21-20(22)8-7-15-25-21)23(16)27-31(29,30)19-13-11-18(12-14-19)24(3,4)5;1-15-13-22(27-31(29,30)18-8-5-16(6-9-18)23(2,3)4)28(26-15)21-11-12-25-20-10-7-17(24)14-19(20)21;1-16-14-22(26-30(28,29)20-11-8-18(9-12-20)23(2,3)4)27(25-16)19-10-7-17-6-5-13-24-21(17)15-19/h5-15H,16-17H2,1-4H3;6-15,27H,1-5H3;5-14,27H,1-4H3;5-15,26H,1-4H3. The number of benzene rings is 8. The molecule has 8 aromatic heterocycles. The Morgan fingerprint density at radius 2 is 0.797 bits per heavy atom. The van der Waals surface area contributed by atoms with E-state index in [1.54, 1.807) is 119 Å². The molecule has 634 valence electrons. The molecule has 0 amide bonds. The van der Waals surface area contributed by atoms with Crippen molar-refractivity contribution in [2.45, 2.75) is 171 Å². The number of sulfone groups is 1. The Labute approximate surface area is 718 Å². The number of pyridine rings is 4. The van der Waals surface area contributed by atoms with E-state index >= 15 is 0 Å². The van der Waals surface area contributed by atoms with Gasteiger partial charge in [0.1, 0.15) is 23.3 Å². The summed E-state index contributed by atoms with van der Waals surface area (Å²) in [6.45, 7) is 34.8. The average molecular weight is 1730 g/mol. The zero-order chi connectivity index (χ0) is 88.5. The Morgan fingerprint density at radius 3 is 1.33 bits per heavy atom. The van der Waals surface area contributed by atoms with Crippen LogP contribution in [0.3, 0.4) is 0 Å². The molecule has 0 radical (unpaired) electrons. The van der Waals surface area contributed by atoms with Crippen LogP contribution in [0, 0.1) is 40.4 Å². The van der Waals surface area contributed by atoms with Crippen LogP contribution < -0.4 is 14.2 Å². The van der Waals surface area contributed by atoms with Crippen molar-refractivity contribution < 1.29 is 38.1 Å². The molecule has 0 bridgehead atoms. The molecule has 0 unspecified atom stereocenters. The van der Waals surface area contributed by atoms with Gasteiger partial charge in [-0.1, -0.05) is 168 Å². The summed E-state index contributed by atoms with van der Waals surface area (Å²) in [4.78, 5) is 18.3. The summed E-state index contributed by atoms with van der Waals surface area (Å²) >= 11 is 0. The van der Waals surface area contributed by atoms with Crippen LogP contribution in [0.25, 0.3) is 60.7 Å². The van der Waals surface area contributed by atoms with Gasteiger partial charge in [-0.3, -0.25) is 38.8 Å². The van der Waals surface area contributed by atoms with Gasteiger partial charge in [-0.25, -0.2) is 52.1 Å². The minimum absolute atomic E-state index is 0.0225. The molecule has 0 aliphatic heterocycles. The molecule has 0 atom stereocenters. The third kappa shape index (κ3) is 20.4. The second kappa shape index (κ2) is 34.7. The number of aromatic nitrogens is 12. The fourth-order valence-corrected chi connectivity index (χ4v) is 18.4. The molecule has 8 aromatic carbocycles. The van der Waals surface area contributed by atoms with E-state index < -0.39 is 45.7 Å². The van der Waals surface area contributed by atoms with Crippen molar-refractivity contribution in [3.8, 4) is 17.1 Å². The molecule has 16 aromatic rings. The lowest BCUT2D eigenvalue weighted by Crippen LogP contribution is -2.17. The van der Waals surface area contributed by atoms with Gasteiger partial charge in [-0.2, -0.15) is 20.4 Å². The van der Waals surface area contributed by atoms with Crippen molar-refractivity contribution in [3.63, 3.8) is 0 Å². The maximum absolute atomic E-state index is 13.9. The van der Waals surface area contributed by atoms with Gasteiger partial charge in [0.05, 0.1) is 99.5 Å². The topological polar surface area (TPSA) is 295 Å². The van der Waals surface area contributed by atoms with Crippen LogP contribution in [0.15, 0.2) is 275 Å². The Bertz CT molecular complexity index is 7080. The maximum Gasteiger partial charge on any atom is 0.263 e. The van der Waals surface area contributed by atoms with Gasteiger partial charge in [0.25, 0.3) is 30.1 Å². The second-order valence-electron chi connectivity index (χ2n) is 34.5. The molecule has 3 N–H and O–H groups in total. The van der Waals surface area contributed by atoms with Crippen LogP contribution in [0.5, 0.6) is 0 Å². The highest BCUT2D eigenvalue weighted by Gasteiger charge is 2.28. The number of aryl methyl sites for hydroxylation is 4. The number of nitrogens with one attached hydrogen (secondary N) is 3. The molecule has 0 saturated carbocycles. The monoisotopic (exact) mass is 1730 g/mol. The summed E-state index contributed by atoms with van der Waals surface area (Å²) < 4.78 is 133. The Morgan fingerprint density at radius 1 is 0.358 bits per heavy atom. The number of hydrogen-bond donors (Lipinski definition) is 3. The number of anilines is 3. The first-order chi connectivity index (χ1) is 57.9. The first-order valence-electron chi connectivity index (χ1n) is 39.9. The lowest BCUT2D eigenvalue weighted by Gasteiger charge is -2.19. The second-order valence-corrected chi connectivity index (χ2v) is 41.5. The highest BCUT2D eigenvalue weighted by molar-refractivity contribution is 7.93. The van der Waals surface area contributed by atoms with Crippen LogP contribution in [0.2, 0.25) is 0 Å². The molecule has 123 heavy (non-hydrogen) atoms. The first kappa shape index (κ1) is 88.2. The number of sulfonamides is 3. The van der Waals surface area contributed by atoms with Gasteiger partial charge in [0.15, 0.2) is 9.84 Å². The molecule has 23 nitrogen and oxygen atoms in total. The van der Waals surface area contributed by atoms with E-state index in [2.05, 4.69) is 138 Å². The number of hydrogen-bond acceptors (Lipinski definition) is 16. The Balaban J connectivity index is 0.000000141. The minimum atomic E-state index is -3.85. The molecule has 0 fully saturated rings. The maximum atomic E-state index is 13.9. The summed E-state index contributed by atoms with van der Waals surface area (Å²) in [6, 6.07) is 68.2. The predicted octanol–water partition coefficient (Wildman–Crippen LogP) is 20.0. The van der Waals surface area contributed by atoms with Crippen LogP contribution in [-0.4, -0.2) is 92.7 Å². The van der Waals surface area contributed by atoms with E-state index in [0.717, 1.165) is 88.9 Å². The average Bonchev–Trinajstić information content (AvgIpc) is 1.65. The Kier molecular flexibility index (Phi) is 24.9. The van der Waals surface area contributed by atoms with Crippen LogP contribution in [-0.2, 0) is 73.9 Å². The van der Waals surface area contributed by atoms with E-state index in [9.17, 15) is 38.1 Å². The van der Waals surface area contributed by atoms with Gasteiger partial charge in [0.2, 0.25) is 0 Å². The molecule has 0 saturated heterocycles. The van der Waals surface area contributed by atoms with E-state index in [4.69, 9.17) is 0 Å². The smallest absolute Gasteiger partial charge is 0.263 e. The van der Waals surface area contributed by atoms with Gasteiger partial charge < -0.3 is 0 Å². The lowest BCUT2D eigenvalue weighted by atomic mass is 9.87. The summed E-state index contributed by atoms with van der Waals surface area (Å²) in [5.41, 5.74) is 14.6. The fourth-order valence-electron chi connectivity index (χ4n) is 13.9. The number of halogens is 1. The van der Waals surface area contributed by atoms with E-state index in [1.807, 2.05) is 173 Å². The predicted molar refractivity (Wildman–Crippen MR) is 487 cm³/mol. The lowest BCUT2D eigenvalue weighted by molar-refractivity contribution is 0.583. The third-order valence-corrected chi connectivity index (χ3v) is 26.6.